The predicted molar refractivity (Wildman–Crippen MR) is 84.3 cm³/mol. The van der Waals surface area contributed by atoms with Crippen LogP contribution in [0.25, 0.3) is 0 Å². The maximum absolute atomic E-state index is 12.4. The number of carbonyl (C=O) groups is 2. The molecule has 0 radical (unpaired) electrons. The first-order valence-corrected chi connectivity index (χ1v) is 7.12. The molecular formula is C16H17ClN2O3. The summed E-state index contributed by atoms with van der Waals surface area (Å²) in [4.78, 5) is 25.8. The van der Waals surface area contributed by atoms with E-state index in [2.05, 4.69) is 11.9 Å². The largest absolute Gasteiger partial charge is 0.458 e. The fraction of sp³-hybridized carbons (Fsp3) is 0.250. The molecule has 2 rings (SSSR count). The van der Waals surface area contributed by atoms with Gasteiger partial charge in [-0.2, -0.15) is 0 Å². The highest BCUT2D eigenvalue weighted by Crippen LogP contribution is 2.34. The maximum atomic E-state index is 12.4. The van der Waals surface area contributed by atoms with E-state index in [4.69, 9.17) is 16.3 Å². The molecular weight excluding hydrogens is 304 g/mol. The molecule has 0 fully saturated rings. The number of ether oxygens (including phenoxy) is 1. The zero-order valence-corrected chi connectivity index (χ0v) is 13.2. The number of nitrogens with one attached hydrogen (secondary N) is 1. The van der Waals surface area contributed by atoms with Crippen molar-refractivity contribution in [1.82, 2.24) is 10.2 Å². The van der Waals surface area contributed by atoms with Gasteiger partial charge in [-0.25, -0.2) is 9.59 Å². The van der Waals surface area contributed by atoms with Crippen molar-refractivity contribution in [3.05, 3.63) is 58.8 Å². The lowest BCUT2D eigenvalue weighted by atomic mass is 9.95. The summed E-state index contributed by atoms with van der Waals surface area (Å²) < 4.78 is 5.14. The molecule has 0 saturated heterocycles. The Morgan fingerprint density at radius 1 is 1.50 bits per heavy atom. The first-order chi connectivity index (χ1) is 10.5. The summed E-state index contributed by atoms with van der Waals surface area (Å²) in [5, 5.41) is 3.25. The lowest BCUT2D eigenvalue weighted by Crippen LogP contribution is -2.46. The molecule has 1 atom stereocenters. The number of carbonyl (C=O) groups excluding carboxylic acids is 2. The Balaban J connectivity index is 2.50. The minimum absolute atomic E-state index is 0.0997. The molecule has 1 N–H and O–H groups in total. The Kier molecular flexibility index (Phi) is 4.88. The molecule has 1 aromatic rings. The molecule has 0 spiro atoms. The smallest absolute Gasteiger partial charge is 0.338 e. The highest BCUT2D eigenvalue weighted by Gasteiger charge is 2.35. The Bertz CT molecular complexity index is 655. The van der Waals surface area contributed by atoms with E-state index >= 15 is 0 Å². The second kappa shape index (κ2) is 6.66. The van der Waals surface area contributed by atoms with Crippen molar-refractivity contribution in [1.29, 1.82) is 0 Å². The Morgan fingerprint density at radius 3 is 2.82 bits per heavy atom. The van der Waals surface area contributed by atoms with Crippen LogP contribution in [-0.4, -0.2) is 30.6 Å². The zero-order chi connectivity index (χ0) is 16.3. The van der Waals surface area contributed by atoms with Crippen LogP contribution >= 0.6 is 11.6 Å². The van der Waals surface area contributed by atoms with Crippen molar-refractivity contribution < 1.29 is 14.3 Å². The van der Waals surface area contributed by atoms with Gasteiger partial charge in [-0.05, 0) is 18.6 Å². The predicted octanol–water partition coefficient (Wildman–Crippen LogP) is 3.04. The van der Waals surface area contributed by atoms with Crippen molar-refractivity contribution in [3.63, 3.8) is 0 Å². The van der Waals surface area contributed by atoms with Gasteiger partial charge in [0.15, 0.2) is 0 Å². The second-order valence-corrected chi connectivity index (χ2v) is 5.26. The fourth-order valence-corrected chi connectivity index (χ4v) is 2.50. The molecule has 116 valence electrons. The molecule has 1 heterocycles. The van der Waals surface area contributed by atoms with Crippen LogP contribution in [0.5, 0.6) is 0 Å². The Morgan fingerprint density at radius 2 is 2.18 bits per heavy atom. The third kappa shape index (κ3) is 2.99. The lowest BCUT2D eigenvalue weighted by molar-refractivity contribution is -0.138. The molecule has 0 aromatic heterocycles. The minimum Gasteiger partial charge on any atom is -0.458 e. The molecule has 1 aromatic carbocycles. The first-order valence-electron chi connectivity index (χ1n) is 6.74. The number of benzene rings is 1. The SMILES string of the molecule is C=CCOC(=O)C1=C(C)N(C)C(=O)N[C@H]1c1ccccc1Cl. The topological polar surface area (TPSA) is 58.6 Å². The van der Waals surface area contributed by atoms with Crippen LogP contribution in [0.1, 0.15) is 18.5 Å². The van der Waals surface area contributed by atoms with Gasteiger partial charge < -0.3 is 15.0 Å². The first kappa shape index (κ1) is 16.1. The van der Waals surface area contributed by atoms with Crippen LogP contribution in [0, 0.1) is 0 Å². The van der Waals surface area contributed by atoms with Gasteiger partial charge in [-0.3, -0.25) is 0 Å². The molecule has 0 saturated carbocycles. The van der Waals surface area contributed by atoms with E-state index in [1.807, 2.05) is 0 Å². The van der Waals surface area contributed by atoms with Crippen LogP contribution in [0.15, 0.2) is 48.2 Å². The van der Waals surface area contributed by atoms with Crippen LogP contribution in [-0.2, 0) is 9.53 Å². The Hall–Kier alpha value is -2.27. The lowest BCUT2D eigenvalue weighted by Gasteiger charge is -2.33. The summed E-state index contributed by atoms with van der Waals surface area (Å²) in [6, 6.07) is 6.12. The zero-order valence-electron chi connectivity index (χ0n) is 12.4. The number of nitrogens with zero attached hydrogens (tertiary/aromatic N) is 1. The number of hydrogen-bond donors (Lipinski definition) is 1. The quantitative estimate of drug-likeness (QED) is 0.685. The van der Waals surface area contributed by atoms with Gasteiger partial charge in [0.25, 0.3) is 0 Å². The molecule has 0 unspecified atom stereocenters. The average molecular weight is 321 g/mol. The van der Waals surface area contributed by atoms with Crippen LogP contribution < -0.4 is 5.32 Å². The average Bonchev–Trinajstić information content (AvgIpc) is 2.50. The monoisotopic (exact) mass is 320 g/mol. The van der Waals surface area contributed by atoms with Gasteiger partial charge in [0.1, 0.15) is 6.61 Å². The minimum atomic E-state index is -0.644. The van der Waals surface area contributed by atoms with E-state index in [0.717, 1.165) is 0 Å². The van der Waals surface area contributed by atoms with Crippen LogP contribution in [0.2, 0.25) is 5.02 Å². The van der Waals surface area contributed by atoms with Crippen LogP contribution in [0.3, 0.4) is 0 Å². The van der Waals surface area contributed by atoms with E-state index in [-0.39, 0.29) is 12.6 Å². The molecule has 0 bridgehead atoms. The van der Waals surface area contributed by atoms with Crippen molar-refractivity contribution in [3.8, 4) is 0 Å². The van der Waals surface area contributed by atoms with Gasteiger partial charge in [-0.15, -0.1) is 0 Å². The second-order valence-electron chi connectivity index (χ2n) is 4.85. The number of rotatable bonds is 4. The van der Waals surface area contributed by atoms with E-state index in [9.17, 15) is 9.59 Å². The van der Waals surface area contributed by atoms with Crippen molar-refractivity contribution in [2.75, 3.05) is 13.7 Å². The summed E-state index contributed by atoms with van der Waals surface area (Å²) in [6.45, 7) is 5.32. The van der Waals surface area contributed by atoms with E-state index in [1.165, 1.54) is 11.0 Å². The highest BCUT2D eigenvalue weighted by atomic mass is 35.5. The van der Waals surface area contributed by atoms with E-state index in [0.29, 0.717) is 21.9 Å². The molecule has 0 aliphatic carbocycles. The highest BCUT2D eigenvalue weighted by molar-refractivity contribution is 6.31. The number of halogens is 1. The van der Waals surface area contributed by atoms with Gasteiger partial charge in [-0.1, -0.05) is 42.5 Å². The summed E-state index contributed by atoms with van der Waals surface area (Å²) in [5.41, 5.74) is 1.54. The number of hydrogen-bond acceptors (Lipinski definition) is 3. The Labute approximate surface area is 134 Å². The van der Waals surface area contributed by atoms with Gasteiger partial charge in [0.2, 0.25) is 0 Å². The van der Waals surface area contributed by atoms with Crippen molar-refractivity contribution in [2.45, 2.75) is 13.0 Å². The van der Waals surface area contributed by atoms with Crippen molar-refractivity contribution >= 4 is 23.6 Å². The molecule has 1 aliphatic rings. The van der Waals surface area contributed by atoms with E-state index in [1.54, 1.807) is 38.2 Å². The van der Waals surface area contributed by atoms with Crippen molar-refractivity contribution in [2.24, 2.45) is 0 Å². The number of esters is 1. The van der Waals surface area contributed by atoms with Gasteiger partial charge in [0, 0.05) is 17.8 Å². The fourth-order valence-electron chi connectivity index (χ4n) is 2.25. The normalized spacial score (nSPS) is 18.0. The molecule has 2 amide bonds. The standard InChI is InChI=1S/C16H17ClN2O3/c1-4-9-22-15(20)13-10(2)19(3)16(21)18-14(13)11-7-5-6-8-12(11)17/h4-8,14H,1,9H2,2-3H3,(H,18,21)/t14-/m0/s1. The number of allylic oxidation sites excluding steroid dienone is 1. The molecule has 1 aliphatic heterocycles. The molecule has 6 heteroatoms. The summed E-state index contributed by atoms with van der Waals surface area (Å²) in [5.74, 6) is -0.505. The number of amides is 2. The van der Waals surface area contributed by atoms with Gasteiger partial charge in [0.05, 0.1) is 11.6 Å². The molecule has 5 nitrogen and oxygen atoms in total. The van der Waals surface area contributed by atoms with Gasteiger partial charge >= 0.3 is 12.0 Å². The van der Waals surface area contributed by atoms with Crippen LogP contribution in [0.4, 0.5) is 4.79 Å². The maximum Gasteiger partial charge on any atom is 0.338 e. The summed E-state index contributed by atoms with van der Waals surface area (Å²) >= 11 is 6.21. The summed E-state index contributed by atoms with van der Waals surface area (Å²) in [7, 11) is 1.59. The number of urea groups is 1. The molecule has 22 heavy (non-hydrogen) atoms. The van der Waals surface area contributed by atoms with E-state index < -0.39 is 12.0 Å². The third-order valence-electron chi connectivity index (χ3n) is 3.52. The third-order valence-corrected chi connectivity index (χ3v) is 3.87. The summed E-state index contributed by atoms with van der Waals surface area (Å²) in [6.07, 6.45) is 1.49.